The van der Waals surface area contributed by atoms with Crippen molar-refractivity contribution in [2.24, 2.45) is 5.92 Å². The van der Waals surface area contributed by atoms with Gasteiger partial charge in [0.2, 0.25) is 5.91 Å². The second-order valence-corrected chi connectivity index (χ2v) is 5.90. The van der Waals surface area contributed by atoms with Crippen LogP contribution in [0.15, 0.2) is 48.7 Å². The number of rotatable bonds is 3. The van der Waals surface area contributed by atoms with E-state index in [4.69, 9.17) is 0 Å². The van der Waals surface area contributed by atoms with Crippen LogP contribution in [-0.2, 0) is 11.3 Å². The third-order valence-corrected chi connectivity index (χ3v) is 3.93. The summed E-state index contributed by atoms with van der Waals surface area (Å²) in [5, 5.41) is 0. The molecule has 2 heterocycles. The minimum atomic E-state index is -0.00581. The SMILES string of the molecule is CC(C)C(=O)N1CCN(Cc2ccccc2)c2ncccc21. The van der Waals surface area contributed by atoms with Crippen LogP contribution in [0.25, 0.3) is 0 Å². The van der Waals surface area contributed by atoms with Crippen LogP contribution in [0.4, 0.5) is 11.5 Å². The van der Waals surface area contributed by atoms with E-state index in [1.165, 1.54) is 5.56 Å². The van der Waals surface area contributed by atoms with Gasteiger partial charge in [-0.25, -0.2) is 4.98 Å². The Morgan fingerprint density at radius 3 is 2.64 bits per heavy atom. The normalized spacial score (nSPS) is 14.1. The number of benzene rings is 1. The van der Waals surface area contributed by atoms with Gasteiger partial charge >= 0.3 is 0 Å². The van der Waals surface area contributed by atoms with Crippen LogP contribution in [-0.4, -0.2) is 24.0 Å². The highest BCUT2D eigenvalue weighted by molar-refractivity contribution is 5.98. The monoisotopic (exact) mass is 295 g/mol. The maximum Gasteiger partial charge on any atom is 0.229 e. The average Bonchev–Trinajstić information content (AvgIpc) is 2.55. The highest BCUT2D eigenvalue weighted by atomic mass is 16.2. The van der Waals surface area contributed by atoms with Gasteiger partial charge in [-0.15, -0.1) is 0 Å². The summed E-state index contributed by atoms with van der Waals surface area (Å²) in [6.07, 6.45) is 1.79. The first-order valence-corrected chi connectivity index (χ1v) is 7.72. The summed E-state index contributed by atoms with van der Waals surface area (Å²) in [6, 6.07) is 14.2. The molecule has 1 aromatic carbocycles. The Morgan fingerprint density at radius 2 is 1.91 bits per heavy atom. The Hall–Kier alpha value is -2.36. The molecule has 2 aromatic rings. The summed E-state index contributed by atoms with van der Waals surface area (Å²) in [7, 11) is 0. The van der Waals surface area contributed by atoms with Crippen LogP contribution in [0.3, 0.4) is 0 Å². The van der Waals surface area contributed by atoms with Gasteiger partial charge in [0, 0.05) is 31.7 Å². The van der Waals surface area contributed by atoms with Gasteiger partial charge in [0.05, 0.1) is 5.69 Å². The van der Waals surface area contributed by atoms with Crippen molar-refractivity contribution in [3.05, 3.63) is 54.2 Å². The molecule has 4 nitrogen and oxygen atoms in total. The molecule has 4 heteroatoms. The molecule has 0 saturated heterocycles. The molecule has 0 atom stereocenters. The van der Waals surface area contributed by atoms with Gasteiger partial charge in [-0.2, -0.15) is 0 Å². The molecule has 0 bridgehead atoms. The third kappa shape index (κ3) is 2.82. The zero-order valence-electron chi connectivity index (χ0n) is 13.1. The molecular formula is C18H21N3O. The topological polar surface area (TPSA) is 36.4 Å². The number of aromatic nitrogens is 1. The van der Waals surface area contributed by atoms with Gasteiger partial charge in [0.15, 0.2) is 5.82 Å². The molecule has 0 spiro atoms. The molecule has 0 N–H and O–H groups in total. The fourth-order valence-electron chi connectivity index (χ4n) is 2.79. The van der Waals surface area contributed by atoms with E-state index >= 15 is 0 Å². The number of carbonyl (C=O) groups is 1. The van der Waals surface area contributed by atoms with Crippen molar-refractivity contribution in [3.8, 4) is 0 Å². The summed E-state index contributed by atoms with van der Waals surface area (Å²) in [5.74, 6) is 1.05. The minimum absolute atomic E-state index is 0.00581. The highest BCUT2D eigenvalue weighted by Gasteiger charge is 2.28. The van der Waals surface area contributed by atoms with E-state index in [2.05, 4.69) is 22.0 Å². The number of hydrogen-bond donors (Lipinski definition) is 0. The first kappa shape index (κ1) is 14.6. The summed E-state index contributed by atoms with van der Waals surface area (Å²) in [4.78, 5) is 21.0. The molecule has 1 aliphatic rings. The molecule has 1 aliphatic heterocycles. The van der Waals surface area contributed by atoms with E-state index in [1.807, 2.05) is 49.1 Å². The summed E-state index contributed by atoms with van der Waals surface area (Å²) >= 11 is 0. The Morgan fingerprint density at radius 1 is 1.14 bits per heavy atom. The molecule has 0 fully saturated rings. The number of fused-ring (bicyclic) bond motifs is 1. The standard InChI is InChI=1S/C18H21N3O/c1-14(2)18(22)21-12-11-20(13-15-7-4-3-5-8-15)17-16(21)9-6-10-19-17/h3-10,14H,11-13H2,1-2H3. The van der Waals surface area contributed by atoms with E-state index in [-0.39, 0.29) is 11.8 Å². The highest BCUT2D eigenvalue weighted by Crippen LogP contribution is 2.32. The van der Waals surface area contributed by atoms with Crippen molar-refractivity contribution in [1.82, 2.24) is 4.98 Å². The first-order valence-electron chi connectivity index (χ1n) is 7.72. The summed E-state index contributed by atoms with van der Waals surface area (Å²) < 4.78 is 0. The Labute approximate surface area is 131 Å². The fourth-order valence-corrected chi connectivity index (χ4v) is 2.79. The summed E-state index contributed by atoms with van der Waals surface area (Å²) in [5.41, 5.74) is 2.17. The Bertz CT molecular complexity index is 654. The van der Waals surface area contributed by atoms with Gasteiger partial charge in [-0.3, -0.25) is 4.79 Å². The van der Waals surface area contributed by atoms with Crippen LogP contribution < -0.4 is 9.80 Å². The molecule has 1 amide bonds. The average molecular weight is 295 g/mol. The molecule has 3 rings (SSSR count). The quantitative estimate of drug-likeness (QED) is 0.873. The molecule has 0 saturated carbocycles. The number of anilines is 2. The van der Waals surface area contributed by atoms with E-state index < -0.39 is 0 Å². The van der Waals surface area contributed by atoms with E-state index in [0.717, 1.165) is 24.6 Å². The summed E-state index contributed by atoms with van der Waals surface area (Å²) in [6.45, 7) is 6.21. The second-order valence-electron chi connectivity index (χ2n) is 5.90. The first-order chi connectivity index (χ1) is 10.7. The van der Waals surface area contributed by atoms with Gasteiger partial charge < -0.3 is 9.80 Å². The largest absolute Gasteiger partial charge is 0.349 e. The van der Waals surface area contributed by atoms with Gasteiger partial charge in [0.25, 0.3) is 0 Å². The Kier molecular flexibility index (Phi) is 4.09. The van der Waals surface area contributed by atoms with Crippen molar-refractivity contribution in [1.29, 1.82) is 0 Å². The predicted octanol–water partition coefficient (Wildman–Crippen LogP) is 3.09. The van der Waals surface area contributed by atoms with Crippen molar-refractivity contribution in [2.45, 2.75) is 20.4 Å². The van der Waals surface area contributed by atoms with Gasteiger partial charge in [-0.05, 0) is 17.7 Å². The van der Waals surface area contributed by atoms with E-state index in [1.54, 1.807) is 6.20 Å². The number of hydrogen-bond acceptors (Lipinski definition) is 3. The molecule has 0 radical (unpaired) electrons. The van der Waals surface area contributed by atoms with Crippen LogP contribution in [0, 0.1) is 5.92 Å². The number of amides is 1. The zero-order chi connectivity index (χ0) is 15.5. The fraction of sp³-hybridized carbons (Fsp3) is 0.333. The van der Waals surface area contributed by atoms with Crippen molar-refractivity contribution in [2.75, 3.05) is 22.9 Å². The lowest BCUT2D eigenvalue weighted by Gasteiger charge is -2.37. The van der Waals surface area contributed by atoms with Crippen molar-refractivity contribution in [3.63, 3.8) is 0 Å². The minimum Gasteiger partial charge on any atom is -0.349 e. The lowest BCUT2D eigenvalue weighted by Crippen LogP contribution is -2.45. The van der Waals surface area contributed by atoms with Gasteiger partial charge in [0.1, 0.15) is 0 Å². The molecule has 0 aliphatic carbocycles. The molecule has 114 valence electrons. The van der Waals surface area contributed by atoms with Gasteiger partial charge in [-0.1, -0.05) is 44.2 Å². The zero-order valence-corrected chi connectivity index (χ0v) is 13.1. The third-order valence-electron chi connectivity index (χ3n) is 3.93. The Balaban J connectivity index is 1.89. The van der Waals surface area contributed by atoms with E-state index in [0.29, 0.717) is 6.54 Å². The van der Waals surface area contributed by atoms with Crippen LogP contribution in [0.5, 0.6) is 0 Å². The lowest BCUT2D eigenvalue weighted by atomic mass is 10.1. The predicted molar refractivity (Wildman–Crippen MR) is 88.9 cm³/mol. The molecule has 22 heavy (non-hydrogen) atoms. The number of carbonyl (C=O) groups excluding carboxylic acids is 1. The second kappa shape index (κ2) is 6.18. The maximum absolute atomic E-state index is 12.4. The lowest BCUT2D eigenvalue weighted by molar-refractivity contribution is -0.121. The molecular weight excluding hydrogens is 274 g/mol. The smallest absolute Gasteiger partial charge is 0.229 e. The van der Waals surface area contributed by atoms with Crippen molar-refractivity contribution >= 4 is 17.4 Å². The molecule has 0 unspecified atom stereocenters. The van der Waals surface area contributed by atoms with Crippen molar-refractivity contribution < 1.29 is 4.79 Å². The van der Waals surface area contributed by atoms with Crippen LogP contribution >= 0.6 is 0 Å². The number of pyridine rings is 1. The maximum atomic E-state index is 12.4. The number of nitrogens with zero attached hydrogens (tertiary/aromatic N) is 3. The van der Waals surface area contributed by atoms with E-state index in [9.17, 15) is 4.79 Å². The molecule has 1 aromatic heterocycles. The van der Waals surface area contributed by atoms with Crippen LogP contribution in [0.1, 0.15) is 19.4 Å². The van der Waals surface area contributed by atoms with Crippen LogP contribution in [0.2, 0.25) is 0 Å².